The molecule has 0 aliphatic carbocycles. The van der Waals surface area contributed by atoms with Gasteiger partial charge in [-0.1, -0.05) is 11.6 Å². The number of aryl methyl sites for hydroxylation is 1. The molecule has 5 N–H and O–H groups in total. The number of aromatic nitrogens is 1. The fourth-order valence-electron chi connectivity index (χ4n) is 3.67. The number of hydrogen-bond acceptors (Lipinski definition) is 6. The predicted molar refractivity (Wildman–Crippen MR) is 117 cm³/mol. The smallest absolute Gasteiger partial charge is 0.368 e. The molecule has 0 bridgehead atoms. The van der Waals surface area contributed by atoms with E-state index in [0.29, 0.717) is 24.3 Å². The summed E-state index contributed by atoms with van der Waals surface area (Å²) < 4.78 is 25.2. The summed E-state index contributed by atoms with van der Waals surface area (Å²) in [5.74, 6) is 0. The van der Waals surface area contributed by atoms with Gasteiger partial charge in [-0.2, -0.15) is 0 Å². The Hall–Kier alpha value is -1.26. The predicted octanol–water partition coefficient (Wildman–Crippen LogP) is 0.885. The maximum Gasteiger partial charge on any atom is 0.374 e. The zero-order chi connectivity index (χ0) is 23.4. The molecule has 14 heteroatoms. The number of pyridine rings is 1. The largest absolute Gasteiger partial charge is 0.374 e. The lowest BCUT2D eigenvalue weighted by atomic mass is 10.1. The molecule has 0 spiro atoms. The van der Waals surface area contributed by atoms with Gasteiger partial charge in [-0.3, -0.25) is 13.9 Å². The molecule has 172 valence electrons. The number of piperazine rings is 1. The number of aliphatic hydroxyl groups is 1. The number of anilines is 1. The number of hydrogen-bond donors (Lipinski definition) is 5. The van der Waals surface area contributed by atoms with Crippen molar-refractivity contribution in [2.75, 3.05) is 38.1 Å². The second kappa shape index (κ2) is 8.26. The van der Waals surface area contributed by atoms with E-state index < -0.39 is 31.3 Å². The Morgan fingerprint density at radius 3 is 2.10 bits per heavy atom. The van der Waals surface area contributed by atoms with E-state index in [1.54, 1.807) is 13.0 Å². The van der Waals surface area contributed by atoms with E-state index in [2.05, 4.69) is 4.90 Å². The number of likely N-dealkylation sites (N-methyl/N-ethyl adjacent to an activating group) is 1. The van der Waals surface area contributed by atoms with E-state index in [0.717, 1.165) is 19.3 Å². The van der Waals surface area contributed by atoms with Crippen molar-refractivity contribution in [3.05, 3.63) is 39.1 Å². The molecule has 1 aromatic carbocycles. The molecule has 0 unspecified atom stereocenters. The molecule has 1 aromatic heterocycles. The van der Waals surface area contributed by atoms with E-state index in [4.69, 9.17) is 11.6 Å². The minimum Gasteiger partial charge on any atom is -0.368 e. The molecule has 1 aliphatic rings. The molecule has 1 fully saturated rings. The molecular formula is C17H24ClN3O8P2. The Kier molecular flexibility index (Phi) is 6.50. The number of nitrogens with zero attached hydrogens (tertiary/aromatic N) is 3. The average molecular weight is 496 g/mol. The van der Waals surface area contributed by atoms with Crippen molar-refractivity contribution in [1.29, 1.82) is 0 Å². The first-order valence-electron chi connectivity index (χ1n) is 9.36. The Bertz CT molecular complexity index is 1140. The number of halogens is 1. The number of rotatable bonds is 5. The molecular weight excluding hydrogens is 472 g/mol. The lowest BCUT2D eigenvalue weighted by Gasteiger charge is -2.35. The summed E-state index contributed by atoms with van der Waals surface area (Å²) >= 11 is 6.41. The fraction of sp³-hybridized carbons (Fsp3) is 0.471. The van der Waals surface area contributed by atoms with Crippen LogP contribution in [0.2, 0.25) is 5.02 Å². The molecule has 3 rings (SSSR count). The molecule has 1 aliphatic heterocycles. The van der Waals surface area contributed by atoms with E-state index in [1.807, 2.05) is 11.9 Å². The SMILES string of the molecule is CCn1cc(C(O)(P(=O)(O)O)P(=O)(O)O)c(=O)c2cc(Cl)c(N3CCN(C)CC3)cc21. The fourth-order valence-corrected chi connectivity index (χ4v) is 6.26. The van der Waals surface area contributed by atoms with E-state index in [9.17, 15) is 38.6 Å². The van der Waals surface area contributed by atoms with E-state index in [-0.39, 0.29) is 17.0 Å². The van der Waals surface area contributed by atoms with Crippen molar-refractivity contribution >= 4 is 43.4 Å². The van der Waals surface area contributed by atoms with Gasteiger partial charge in [0.05, 0.1) is 21.8 Å². The summed E-state index contributed by atoms with van der Waals surface area (Å²) in [5.41, 5.74) is -1.20. The van der Waals surface area contributed by atoms with Crippen LogP contribution in [-0.4, -0.2) is 67.4 Å². The van der Waals surface area contributed by atoms with Crippen LogP contribution in [0, 0.1) is 0 Å². The molecule has 1 saturated heterocycles. The standard InChI is InChI=1S/C17H24ClN3O8P2/c1-3-20-10-12(17(23,30(24,25)26)31(27,28)29)16(22)11-8-13(18)15(9-14(11)20)21-6-4-19(2)5-7-21/h8-10,23H,3-7H2,1-2H3,(H2,24,25,26)(H2,27,28,29). The van der Waals surface area contributed by atoms with Crippen LogP contribution in [0.5, 0.6) is 0 Å². The normalized spacial score (nSPS) is 16.8. The first kappa shape index (κ1) is 24.4. The Balaban J connectivity index is 2.31. The van der Waals surface area contributed by atoms with Gasteiger partial charge >= 0.3 is 15.2 Å². The average Bonchev–Trinajstić information content (AvgIpc) is 2.67. The Morgan fingerprint density at radius 1 is 1.06 bits per heavy atom. The van der Waals surface area contributed by atoms with Gasteiger partial charge in [0.2, 0.25) is 0 Å². The highest BCUT2D eigenvalue weighted by molar-refractivity contribution is 7.71. The van der Waals surface area contributed by atoms with Gasteiger partial charge in [-0.25, -0.2) is 0 Å². The summed E-state index contributed by atoms with van der Waals surface area (Å²) in [4.78, 5) is 55.5. The maximum absolute atomic E-state index is 13.1. The highest BCUT2D eigenvalue weighted by Gasteiger charge is 2.62. The lowest BCUT2D eigenvalue weighted by Crippen LogP contribution is -2.44. The zero-order valence-electron chi connectivity index (χ0n) is 16.8. The van der Waals surface area contributed by atoms with Crippen molar-refractivity contribution in [3.8, 4) is 0 Å². The lowest BCUT2D eigenvalue weighted by molar-refractivity contribution is 0.129. The Morgan fingerprint density at radius 2 is 1.61 bits per heavy atom. The van der Waals surface area contributed by atoms with Gasteiger partial charge in [-0.05, 0) is 26.1 Å². The first-order valence-corrected chi connectivity index (χ1v) is 13.0. The van der Waals surface area contributed by atoms with Crippen molar-refractivity contribution in [3.63, 3.8) is 0 Å². The summed E-state index contributed by atoms with van der Waals surface area (Å²) in [5, 5.41) is 6.58. The molecule has 0 amide bonds. The molecule has 2 aromatic rings. The summed E-state index contributed by atoms with van der Waals surface area (Å²) in [6.07, 6.45) is 0.879. The van der Waals surface area contributed by atoms with E-state index in [1.165, 1.54) is 10.6 Å². The third-order valence-electron chi connectivity index (χ3n) is 5.51. The van der Waals surface area contributed by atoms with Crippen LogP contribution in [-0.2, 0) is 20.8 Å². The zero-order valence-corrected chi connectivity index (χ0v) is 19.4. The minimum absolute atomic E-state index is 0.123. The van der Waals surface area contributed by atoms with Gasteiger partial charge in [0.1, 0.15) is 0 Å². The molecule has 31 heavy (non-hydrogen) atoms. The minimum atomic E-state index is -5.88. The van der Waals surface area contributed by atoms with Gasteiger partial charge in [0.25, 0.3) is 5.08 Å². The van der Waals surface area contributed by atoms with Crippen molar-refractivity contribution in [2.24, 2.45) is 0 Å². The quantitative estimate of drug-likeness (QED) is 0.376. The van der Waals surface area contributed by atoms with Crippen LogP contribution in [0.1, 0.15) is 12.5 Å². The third kappa shape index (κ3) is 4.11. The van der Waals surface area contributed by atoms with Gasteiger partial charge < -0.3 is 39.0 Å². The van der Waals surface area contributed by atoms with Crippen LogP contribution < -0.4 is 10.3 Å². The van der Waals surface area contributed by atoms with Crippen molar-refractivity contribution in [1.82, 2.24) is 9.47 Å². The van der Waals surface area contributed by atoms with E-state index >= 15 is 0 Å². The van der Waals surface area contributed by atoms with Crippen LogP contribution in [0.3, 0.4) is 0 Å². The third-order valence-corrected chi connectivity index (χ3v) is 9.48. The van der Waals surface area contributed by atoms with Crippen molar-refractivity contribution in [2.45, 2.75) is 18.6 Å². The molecule has 11 nitrogen and oxygen atoms in total. The van der Waals surface area contributed by atoms with Gasteiger partial charge in [0.15, 0.2) is 5.43 Å². The van der Waals surface area contributed by atoms with Crippen LogP contribution in [0.25, 0.3) is 10.9 Å². The second-order valence-electron chi connectivity index (χ2n) is 7.49. The highest BCUT2D eigenvalue weighted by atomic mass is 35.5. The maximum atomic E-state index is 13.1. The number of benzene rings is 1. The number of fused-ring (bicyclic) bond motifs is 1. The van der Waals surface area contributed by atoms with Crippen LogP contribution in [0.4, 0.5) is 5.69 Å². The van der Waals surface area contributed by atoms with Gasteiger partial charge in [0, 0.05) is 44.3 Å². The second-order valence-corrected chi connectivity index (χ2v) is 11.7. The van der Waals surface area contributed by atoms with Crippen molar-refractivity contribution < 1.29 is 33.8 Å². The van der Waals surface area contributed by atoms with Crippen LogP contribution in [0.15, 0.2) is 23.1 Å². The summed E-state index contributed by atoms with van der Waals surface area (Å²) in [7, 11) is -9.77. The Labute approximate surface area is 182 Å². The summed E-state index contributed by atoms with van der Waals surface area (Å²) in [6, 6.07) is 2.95. The molecule has 0 saturated carbocycles. The molecule has 0 atom stereocenters. The summed E-state index contributed by atoms with van der Waals surface area (Å²) in [6.45, 7) is 4.88. The topological polar surface area (TPSA) is 164 Å². The molecule has 0 radical (unpaired) electrons. The van der Waals surface area contributed by atoms with Gasteiger partial charge in [-0.15, -0.1) is 0 Å². The monoisotopic (exact) mass is 495 g/mol. The highest BCUT2D eigenvalue weighted by Crippen LogP contribution is 2.72. The first-order chi connectivity index (χ1) is 14.2. The molecule has 2 heterocycles. The van der Waals surface area contributed by atoms with Crippen LogP contribution >= 0.6 is 26.8 Å².